The fourth-order valence-electron chi connectivity index (χ4n) is 2.05. The SMILES string of the molecule is CCCN(NS(=O)(=O)c1c(C)nn(C)c1C)C(=O)OC(C)(C)C. The van der Waals surface area contributed by atoms with Crippen LogP contribution in [0.1, 0.15) is 45.5 Å². The Morgan fingerprint density at radius 3 is 2.30 bits per heavy atom. The van der Waals surface area contributed by atoms with Crippen molar-refractivity contribution in [3.63, 3.8) is 0 Å². The number of hydrazine groups is 1. The molecule has 0 aliphatic carbocycles. The number of hydrogen-bond acceptors (Lipinski definition) is 5. The molecule has 1 rings (SSSR count). The molecule has 0 saturated carbocycles. The third kappa shape index (κ3) is 4.93. The van der Waals surface area contributed by atoms with Gasteiger partial charge in [-0.3, -0.25) is 4.68 Å². The van der Waals surface area contributed by atoms with Gasteiger partial charge in [0.2, 0.25) is 0 Å². The van der Waals surface area contributed by atoms with Crippen LogP contribution in [0.2, 0.25) is 0 Å². The van der Waals surface area contributed by atoms with Gasteiger partial charge in [0, 0.05) is 13.6 Å². The number of carbonyl (C=O) groups is 1. The van der Waals surface area contributed by atoms with Gasteiger partial charge in [-0.05, 0) is 41.0 Å². The zero-order valence-electron chi connectivity index (χ0n) is 14.8. The van der Waals surface area contributed by atoms with E-state index >= 15 is 0 Å². The number of hydrogen-bond donors (Lipinski definition) is 1. The van der Waals surface area contributed by atoms with Crippen LogP contribution in [0.3, 0.4) is 0 Å². The lowest BCUT2D eigenvalue weighted by Gasteiger charge is -2.27. The van der Waals surface area contributed by atoms with Crippen LogP contribution < -0.4 is 4.83 Å². The second-order valence-electron chi connectivity index (χ2n) is 6.35. The molecule has 1 aromatic heterocycles. The Hall–Kier alpha value is -1.61. The molecule has 1 heterocycles. The summed E-state index contributed by atoms with van der Waals surface area (Å²) in [6, 6.07) is 0. The summed E-state index contributed by atoms with van der Waals surface area (Å²) >= 11 is 0. The molecule has 132 valence electrons. The van der Waals surface area contributed by atoms with Crippen molar-refractivity contribution in [1.82, 2.24) is 19.6 Å². The molecule has 1 aromatic rings. The van der Waals surface area contributed by atoms with Gasteiger partial charge in [0.25, 0.3) is 10.0 Å². The van der Waals surface area contributed by atoms with Crippen molar-refractivity contribution in [2.75, 3.05) is 6.54 Å². The zero-order chi connectivity index (χ0) is 18.0. The molecule has 0 bridgehead atoms. The molecule has 0 aliphatic heterocycles. The Kier molecular flexibility index (Phi) is 5.81. The lowest BCUT2D eigenvalue weighted by molar-refractivity contribution is 0.0202. The van der Waals surface area contributed by atoms with E-state index in [0.717, 1.165) is 5.01 Å². The van der Waals surface area contributed by atoms with Crippen molar-refractivity contribution in [3.05, 3.63) is 11.4 Å². The summed E-state index contributed by atoms with van der Waals surface area (Å²) < 4.78 is 32.0. The lowest BCUT2D eigenvalue weighted by Crippen LogP contribution is -2.48. The van der Waals surface area contributed by atoms with Crippen molar-refractivity contribution in [2.45, 2.75) is 58.5 Å². The Balaban J connectivity index is 3.10. The van der Waals surface area contributed by atoms with Crippen LogP contribution in [0.15, 0.2) is 4.90 Å². The molecule has 1 N–H and O–H groups in total. The monoisotopic (exact) mass is 346 g/mol. The number of sulfonamides is 1. The Morgan fingerprint density at radius 1 is 1.35 bits per heavy atom. The Morgan fingerprint density at radius 2 is 1.91 bits per heavy atom. The van der Waals surface area contributed by atoms with Gasteiger partial charge in [-0.25, -0.2) is 18.2 Å². The van der Waals surface area contributed by atoms with Crippen LogP contribution in [-0.4, -0.2) is 41.4 Å². The normalized spacial score (nSPS) is 12.3. The summed E-state index contributed by atoms with van der Waals surface area (Å²) in [5, 5.41) is 5.08. The topological polar surface area (TPSA) is 93.5 Å². The number of ether oxygens (including phenoxy) is 1. The molecule has 23 heavy (non-hydrogen) atoms. The molecule has 1 amide bonds. The molecule has 0 fully saturated rings. The smallest absolute Gasteiger partial charge is 0.425 e. The summed E-state index contributed by atoms with van der Waals surface area (Å²) in [7, 11) is -2.27. The first-order chi connectivity index (χ1) is 10.4. The van der Waals surface area contributed by atoms with Crippen LogP contribution in [0.25, 0.3) is 0 Å². The van der Waals surface area contributed by atoms with Crippen molar-refractivity contribution in [1.29, 1.82) is 0 Å². The average molecular weight is 346 g/mol. The molecule has 9 heteroatoms. The van der Waals surface area contributed by atoms with E-state index in [4.69, 9.17) is 4.74 Å². The highest BCUT2D eigenvalue weighted by Gasteiger charge is 2.29. The van der Waals surface area contributed by atoms with Crippen LogP contribution in [0.4, 0.5) is 4.79 Å². The van der Waals surface area contributed by atoms with E-state index in [1.165, 1.54) is 4.68 Å². The third-order valence-corrected chi connectivity index (χ3v) is 4.59. The number of carbonyl (C=O) groups excluding carboxylic acids is 1. The van der Waals surface area contributed by atoms with Gasteiger partial charge in [-0.2, -0.15) is 5.10 Å². The largest absolute Gasteiger partial charge is 0.443 e. The van der Waals surface area contributed by atoms with Crippen LogP contribution >= 0.6 is 0 Å². The molecule has 0 aromatic carbocycles. The van der Waals surface area contributed by atoms with Crippen molar-refractivity contribution in [3.8, 4) is 0 Å². The Labute approximate surface area is 137 Å². The van der Waals surface area contributed by atoms with Crippen LogP contribution in [0.5, 0.6) is 0 Å². The number of aromatic nitrogens is 2. The third-order valence-electron chi connectivity index (χ3n) is 3.00. The number of rotatable bonds is 5. The highest BCUT2D eigenvalue weighted by molar-refractivity contribution is 7.89. The summed E-state index contributed by atoms with van der Waals surface area (Å²) in [5.41, 5.74) is 0.156. The van der Waals surface area contributed by atoms with E-state index in [-0.39, 0.29) is 11.4 Å². The lowest BCUT2D eigenvalue weighted by atomic mass is 10.2. The number of nitrogens with zero attached hydrogens (tertiary/aromatic N) is 3. The van der Waals surface area contributed by atoms with Gasteiger partial charge in [-0.1, -0.05) is 6.92 Å². The molecule has 0 saturated heterocycles. The van der Waals surface area contributed by atoms with Crippen molar-refractivity contribution >= 4 is 16.1 Å². The summed E-state index contributed by atoms with van der Waals surface area (Å²) in [5.74, 6) is 0. The maximum atomic E-state index is 12.6. The fraction of sp³-hybridized carbons (Fsp3) is 0.714. The summed E-state index contributed by atoms with van der Waals surface area (Å²) in [6.45, 7) is 10.5. The van der Waals surface area contributed by atoms with Gasteiger partial charge in [0.15, 0.2) is 0 Å². The van der Waals surface area contributed by atoms with E-state index in [1.807, 2.05) is 6.92 Å². The summed E-state index contributed by atoms with van der Waals surface area (Å²) in [6.07, 6.45) is -0.158. The second kappa shape index (κ2) is 6.88. The fourth-order valence-corrected chi connectivity index (χ4v) is 3.55. The van der Waals surface area contributed by atoms with Gasteiger partial charge in [0.05, 0.1) is 11.4 Å². The van der Waals surface area contributed by atoms with E-state index in [9.17, 15) is 13.2 Å². The average Bonchev–Trinajstić information content (AvgIpc) is 2.60. The minimum atomic E-state index is -3.93. The zero-order valence-corrected chi connectivity index (χ0v) is 15.6. The summed E-state index contributed by atoms with van der Waals surface area (Å²) in [4.78, 5) is 14.6. The predicted molar refractivity (Wildman–Crippen MR) is 86.2 cm³/mol. The minimum absolute atomic E-state index is 0.0738. The Bertz CT molecular complexity index is 674. The number of aryl methyl sites for hydroxylation is 2. The predicted octanol–water partition coefficient (Wildman–Crippen LogP) is 1.88. The van der Waals surface area contributed by atoms with E-state index < -0.39 is 21.7 Å². The molecule has 0 aliphatic rings. The minimum Gasteiger partial charge on any atom is -0.443 e. The van der Waals surface area contributed by atoms with E-state index in [1.54, 1.807) is 41.7 Å². The van der Waals surface area contributed by atoms with Gasteiger partial charge < -0.3 is 4.74 Å². The molecular formula is C14H26N4O4S. The van der Waals surface area contributed by atoms with Gasteiger partial charge in [-0.15, -0.1) is 4.83 Å². The van der Waals surface area contributed by atoms with Gasteiger partial charge in [0.1, 0.15) is 10.5 Å². The van der Waals surface area contributed by atoms with E-state index in [0.29, 0.717) is 17.8 Å². The van der Waals surface area contributed by atoms with Crippen molar-refractivity contribution < 1.29 is 17.9 Å². The molecule has 0 unspecified atom stereocenters. The highest BCUT2D eigenvalue weighted by atomic mass is 32.2. The molecule has 0 spiro atoms. The van der Waals surface area contributed by atoms with Crippen molar-refractivity contribution in [2.24, 2.45) is 7.05 Å². The van der Waals surface area contributed by atoms with Gasteiger partial charge >= 0.3 is 6.09 Å². The standard InChI is InChI=1S/C14H26N4O4S/c1-8-9-18(13(19)22-14(4,5)6)16-23(20,21)12-10(2)15-17(7)11(12)3/h16H,8-9H2,1-7H3. The molecule has 0 radical (unpaired) electrons. The highest BCUT2D eigenvalue weighted by Crippen LogP contribution is 2.19. The first kappa shape index (κ1) is 19.4. The van der Waals surface area contributed by atoms with E-state index in [2.05, 4.69) is 9.93 Å². The second-order valence-corrected chi connectivity index (χ2v) is 7.95. The molecule has 8 nitrogen and oxygen atoms in total. The number of amides is 1. The number of nitrogens with one attached hydrogen (secondary N) is 1. The van der Waals surface area contributed by atoms with Crippen LogP contribution in [0, 0.1) is 13.8 Å². The molecular weight excluding hydrogens is 320 g/mol. The maximum absolute atomic E-state index is 12.6. The van der Waals surface area contributed by atoms with Crippen LogP contribution in [-0.2, 0) is 21.8 Å². The first-order valence-corrected chi connectivity index (χ1v) is 8.90. The first-order valence-electron chi connectivity index (χ1n) is 7.42. The quantitative estimate of drug-likeness (QED) is 0.822. The molecule has 0 atom stereocenters. The maximum Gasteiger partial charge on any atom is 0.425 e.